The van der Waals surface area contributed by atoms with Crippen LogP contribution in [0.4, 0.5) is 4.39 Å². The van der Waals surface area contributed by atoms with E-state index in [2.05, 4.69) is 0 Å². The molecule has 0 bridgehead atoms. The van der Waals surface area contributed by atoms with E-state index < -0.39 is 0 Å². The molecular weight excluding hydrogens is 349 g/mol. The van der Waals surface area contributed by atoms with Crippen LogP contribution in [0.25, 0.3) is 0 Å². The molecule has 0 atom stereocenters. The van der Waals surface area contributed by atoms with E-state index in [9.17, 15) is 24.2 Å². The van der Waals surface area contributed by atoms with Gasteiger partial charge in [-0.15, -0.1) is 0 Å². The average molecular weight is 371 g/mol. The highest BCUT2D eigenvalue weighted by Gasteiger charge is 2.27. The minimum atomic E-state index is -0.369. The highest BCUT2D eigenvalue weighted by atomic mass is 19.1. The Bertz CT molecular complexity index is 827. The fourth-order valence-corrected chi connectivity index (χ4v) is 3.40. The number of hydrogen-bond donors (Lipinski definition) is 2. The summed E-state index contributed by atoms with van der Waals surface area (Å²) in [5.74, 6) is -0.583. The van der Waals surface area contributed by atoms with Gasteiger partial charge in [-0.25, -0.2) is 4.39 Å². The van der Waals surface area contributed by atoms with Crippen molar-refractivity contribution in [2.24, 2.45) is 5.92 Å². The number of benzene rings is 2. The van der Waals surface area contributed by atoms with Gasteiger partial charge in [-0.3, -0.25) is 9.59 Å². The van der Waals surface area contributed by atoms with Gasteiger partial charge in [0.1, 0.15) is 17.3 Å². The molecule has 0 spiro atoms. The minimum absolute atomic E-state index is 0.00360. The maximum atomic E-state index is 13.0. The Hall–Kier alpha value is -2.89. The number of nitrogens with zero attached hydrogens (tertiary/aromatic N) is 1. The van der Waals surface area contributed by atoms with Gasteiger partial charge in [0.15, 0.2) is 5.78 Å². The summed E-state index contributed by atoms with van der Waals surface area (Å²) in [6.45, 7) is 1.02. The number of likely N-dealkylation sites (tertiary alicyclic amines) is 1. The van der Waals surface area contributed by atoms with Gasteiger partial charge in [0.05, 0.1) is 0 Å². The first-order chi connectivity index (χ1) is 12.9. The van der Waals surface area contributed by atoms with Gasteiger partial charge >= 0.3 is 0 Å². The van der Waals surface area contributed by atoms with Gasteiger partial charge in [-0.05, 0) is 55.2 Å². The van der Waals surface area contributed by atoms with Crippen molar-refractivity contribution in [3.05, 3.63) is 59.4 Å². The second-order valence-electron chi connectivity index (χ2n) is 6.84. The second-order valence-corrected chi connectivity index (χ2v) is 6.84. The first-order valence-electron chi connectivity index (χ1n) is 9.02. The third-order valence-electron chi connectivity index (χ3n) is 5.02. The molecule has 2 aromatic carbocycles. The normalized spacial score (nSPS) is 14.9. The van der Waals surface area contributed by atoms with E-state index in [0.717, 1.165) is 0 Å². The Morgan fingerprint density at radius 1 is 1.04 bits per heavy atom. The second kappa shape index (κ2) is 8.20. The topological polar surface area (TPSA) is 77.8 Å². The van der Waals surface area contributed by atoms with Gasteiger partial charge in [0, 0.05) is 37.1 Å². The highest BCUT2D eigenvalue weighted by Crippen LogP contribution is 2.25. The Morgan fingerprint density at radius 3 is 2.33 bits per heavy atom. The van der Waals surface area contributed by atoms with Crippen LogP contribution in [0.5, 0.6) is 11.5 Å². The fourth-order valence-electron chi connectivity index (χ4n) is 3.40. The summed E-state index contributed by atoms with van der Waals surface area (Å²) in [6, 6.07) is 9.90. The van der Waals surface area contributed by atoms with E-state index in [1.54, 1.807) is 11.0 Å². The van der Waals surface area contributed by atoms with Crippen molar-refractivity contribution in [1.29, 1.82) is 0 Å². The van der Waals surface area contributed by atoms with Crippen LogP contribution < -0.4 is 0 Å². The maximum absolute atomic E-state index is 13.0. The lowest BCUT2D eigenvalue weighted by molar-refractivity contribution is -0.132. The van der Waals surface area contributed by atoms with Crippen LogP contribution in [0.2, 0.25) is 0 Å². The lowest BCUT2D eigenvalue weighted by atomic mass is 9.88. The number of phenols is 2. The Labute approximate surface area is 157 Å². The van der Waals surface area contributed by atoms with E-state index in [-0.39, 0.29) is 41.3 Å². The summed E-state index contributed by atoms with van der Waals surface area (Å²) in [4.78, 5) is 26.6. The third-order valence-corrected chi connectivity index (χ3v) is 5.02. The molecule has 1 saturated heterocycles. The standard InChI is InChI=1S/C21H22FNO4/c22-17-5-1-15(2-6-17)21(27)16-9-11-23(12-10-16)20(26)8-4-14-3-7-18(24)13-19(14)25/h1-3,5-7,13,16,24-25H,4,8-12H2. The van der Waals surface area contributed by atoms with Gasteiger partial charge < -0.3 is 15.1 Å². The summed E-state index contributed by atoms with van der Waals surface area (Å²) in [7, 11) is 0. The quantitative estimate of drug-likeness (QED) is 0.791. The minimum Gasteiger partial charge on any atom is -0.508 e. The SMILES string of the molecule is O=C(c1ccc(F)cc1)C1CCN(C(=O)CCc2ccc(O)cc2O)CC1. The van der Waals surface area contributed by atoms with Gasteiger partial charge in [0.25, 0.3) is 0 Å². The van der Waals surface area contributed by atoms with Crippen molar-refractivity contribution in [1.82, 2.24) is 4.90 Å². The van der Waals surface area contributed by atoms with Crippen LogP contribution in [-0.4, -0.2) is 39.9 Å². The fraction of sp³-hybridized carbons (Fsp3) is 0.333. The predicted octanol–water partition coefficient (Wildman–Crippen LogP) is 3.29. The molecule has 1 aliphatic rings. The molecule has 1 aliphatic heterocycles. The molecular formula is C21H22FNO4. The van der Waals surface area contributed by atoms with Gasteiger partial charge in [0.2, 0.25) is 5.91 Å². The van der Waals surface area contributed by atoms with Crippen molar-refractivity contribution in [2.45, 2.75) is 25.7 Å². The lowest BCUT2D eigenvalue weighted by Gasteiger charge is -2.31. The summed E-state index contributed by atoms with van der Waals surface area (Å²) < 4.78 is 13.0. The molecule has 0 unspecified atom stereocenters. The van der Waals surface area contributed by atoms with Crippen LogP contribution in [0.1, 0.15) is 35.2 Å². The molecule has 0 aromatic heterocycles. The number of carbonyl (C=O) groups excluding carboxylic acids is 2. The van der Waals surface area contributed by atoms with Crippen LogP contribution in [0, 0.1) is 11.7 Å². The molecule has 3 rings (SSSR count). The van der Waals surface area contributed by atoms with E-state index in [1.807, 2.05) is 0 Å². The summed E-state index contributed by atoms with van der Waals surface area (Å²) in [5.41, 5.74) is 1.12. The Balaban J connectivity index is 1.50. The lowest BCUT2D eigenvalue weighted by Crippen LogP contribution is -2.40. The Morgan fingerprint density at radius 2 is 1.70 bits per heavy atom. The van der Waals surface area contributed by atoms with E-state index in [1.165, 1.54) is 36.4 Å². The number of rotatable bonds is 5. The molecule has 2 N–H and O–H groups in total. The van der Waals surface area contributed by atoms with Gasteiger partial charge in [-0.2, -0.15) is 0 Å². The number of aryl methyl sites for hydroxylation is 1. The largest absolute Gasteiger partial charge is 0.508 e. The molecule has 0 aliphatic carbocycles. The molecule has 0 radical (unpaired) electrons. The zero-order valence-corrected chi connectivity index (χ0v) is 14.9. The summed E-state index contributed by atoms with van der Waals surface area (Å²) in [5, 5.41) is 19.1. The molecule has 2 aromatic rings. The smallest absolute Gasteiger partial charge is 0.222 e. The monoisotopic (exact) mass is 371 g/mol. The number of carbonyl (C=O) groups is 2. The summed E-state index contributed by atoms with van der Waals surface area (Å²) in [6.07, 6.45) is 1.83. The first kappa shape index (κ1) is 18.9. The predicted molar refractivity (Wildman–Crippen MR) is 98.1 cm³/mol. The molecule has 27 heavy (non-hydrogen) atoms. The number of phenolic OH excluding ortho intramolecular Hbond substituents is 2. The van der Waals surface area contributed by atoms with E-state index in [4.69, 9.17) is 0 Å². The molecule has 1 amide bonds. The zero-order valence-electron chi connectivity index (χ0n) is 14.9. The molecule has 5 nitrogen and oxygen atoms in total. The number of aromatic hydroxyl groups is 2. The van der Waals surface area contributed by atoms with Crippen molar-refractivity contribution in [3.8, 4) is 11.5 Å². The maximum Gasteiger partial charge on any atom is 0.222 e. The van der Waals surface area contributed by atoms with Crippen LogP contribution in [0.3, 0.4) is 0 Å². The summed E-state index contributed by atoms with van der Waals surface area (Å²) >= 11 is 0. The Kier molecular flexibility index (Phi) is 5.74. The van der Waals surface area contributed by atoms with Crippen molar-refractivity contribution in [2.75, 3.05) is 13.1 Å². The molecule has 1 heterocycles. The van der Waals surface area contributed by atoms with Crippen molar-refractivity contribution < 1.29 is 24.2 Å². The number of halogens is 1. The van der Waals surface area contributed by atoms with Crippen molar-refractivity contribution in [3.63, 3.8) is 0 Å². The third kappa shape index (κ3) is 4.64. The highest BCUT2D eigenvalue weighted by molar-refractivity contribution is 5.98. The van der Waals surface area contributed by atoms with E-state index >= 15 is 0 Å². The average Bonchev–Trinajstić information content (AvgIpc) is 2.67. The number of Topliss-reactive ketones (excluding diaryl/α,β-unsaturated/α-hetero) is 1. The van der Waals surface area contributed by atoms with Crippen LogP contribution in [-0.2, 0) is 11.2 Å². The number of amides is 1. The molecule has 6 heteroatoms. The van der Waals surface area contributed by atoms with Gasteiger partial charge in [-0.1, -0.05) is 6.07 Å². The molecule has 1 fully saturated rings. The number of ketones is 1. The van der Waals surface area contributed by atoms with Crippen LogP contribution >= 0.6 is 0 Å². The van der Waals surface area contributed by atoms with Crippen LogP contribution in [0.15, 0.2) is 42.5 Å². The zero-order chi connectivity index (χ0) is 19.4. The number of piperidine rings is 1. The molecule has 0 saturated carbocycles. The van der Waals surface area contributed by atoms with Crippen molar-refractivity contribution >= 4 is 11.7 Å². The molecule has 142 valence electrons. The first-order valence-corrected chi connectivity index (χ1v) is 9.02. The van der Waals surface area contributed by atoms with E-state index in [0.29, 0.717) is 43.5 Å². The number of hydrogen-bond acceptors (Lipinski definition) is 4.